The van der Waals surface area contributed by atoms with Crippen molar-refractivity contribution in [3.8, 4) is 0 Å². The predicted octanol–water partition coefficient (Wildman–Crippen LogP) is 4.26. The van der Waals surface area contributed by atoms with Crippen molar-refractivity contribution in [2.24, 2.45) is 0 Å². The van der Waals surface area contributed by atoms with E-state index in [4.69, 9.17) is 4.42 Å². The van der Waals surface area contributed by atoms with E-state index in [9.17, 15) is 18.9 Å². The minimum Gasteiger partial charge on any atom is -0.404 e. The van der Waals surface area contributed by atoms with Gasteiger partial charge < -0.3 is 4.42 Å². The van der Waals surface area contributed by atoms with E-state index in [2.05, 4.69) is 15.9 Å². The molecule has 1 aromatic carbocycles. The molecule has 2 rings (SSSR count). The van der Waals surface area contributed by atoms with Gasteiger partial charge in [-0.15, -0.1) is 0 Å². The largest absolute Gasteiger partial charge is 0.433 e. The van der Waals surface area contributed by atoms with Crippen LogP contribution < -0.4 is 0 Å². The molecule has 1 aromatic heterocycles. The van der Waals surface area contributed by atoms with Crippen molar-refractivity contribution in [3.63, 3.8) is 0 Å². The highest BCUT2D eigenvalue weighted by molar-refractivity contribution is 9.09. The lowest BCUT2D eigenvalue weighted by atomic mass is 10.1. The number of rotatable bonds is 3. The smallest absolute Gasteiger partial charge is 0.404 e. The molecule has 1 heterocycles. The first-order valence-corrected chi connectivity index (χ1v) is 6.15. The molecule has 7 heteroatoms. The van der Waals surface area contributed by atoms with Gasteiger partial charge in [0.05, 0.1) is 6.07 Å². The Balaban J connectivity index is 2.40. The van der Waals surface area contributed by atoms with Crippen molar-refractivity contribution in [1.82, 2.24) is 0 Å². The maximum absolute atomic E-state index is 13.7. The molecule has 2 aromatic rings. The third kappa shape index (κ3) is 2.65. The van der Waals surface area contributed by atoms with Crippen LogP contribution in [-0.2, 0) is 0 Å². The molecule has 0 saturated heterocycles. The number of furan rings is 1. The Labute approximate surface area is 115 Å². The van der Waals surface area contributed by atoms with E-state index in [-0.39, 0.29) is 16.9 Å². The van der Waals surface area contributed by atoms with Crippen LogP contribution in [0.15, 0.2) is 28.7 Å². The standard InChI is InChI=1S/C12H8BrF2NO3/c1-6-4-7(9(15)5-8(6)14)12(13)10-2-3-11(19-10)16(17)18/h2-5,12H,1H3. The molecule has 100 valence electrons. The Hall–Kier alpha value is -1.76. The van der Waals surface area contributed by atoms with Gasteiger partial charge in [-0.05, 0) is 24.6 Å². The van der Waals surface area contributed by atoms with E-state index in [0.717, 1.165) is 6.07 Å². The van der Waals surface area contributed by atoms with Crippen molar-refractivity contribution in [2.45, 2.75) is 11.8 Å². The van der Waals surface area contributed by atoms with Gasteiger partial charge in [-0.25, -0.2) is 8.78 Å². The third-order valence-corrected chi connectivity index (χ3v) is 3.54. The van der Waals surface area contributed by atoms with E-state index in [1.54, 1.807) is 0 Å². The summed E-state index contributed by atoms with van der Waals surface area (Å²) in [5.41, 5.74) is 0.435. The van der Waals surface area contributed by atoms with Crippen molar-refractivity contribution in [1.29, 1.82) is 0 Å². The Bertz CT molecular complexity index is 642. The lowest BCUT2D eigenvalue weighted by Gasteiger charge is -2.10. The summed E-state index contributed by atoms with van der Waals surface area (Å²) in [6.45, 7) is 1.50. The topological polar surface area (TPSA) is 56.3 Å². The number of alkyl halides is 1. The predicted molar refractivity (Wildman–Crippen MR) is 67.2 cm³/mol. The van der Waals surface area contributed by atoms with E-state index in [1.807, 2.05) is 0 Å². The Morgan fingerprint density at radius 2 is 2.00 bits per heavy atom. The van der Waals surface area contributed by atoms with Crippen LogP contribution in [0.5, 0.6) is 0 Å². The summed E-state index contributed by atoms with van der Waals surface area (Å²) in [6, 6.07) is 4.66. The number of benzene rings is 1. The zero-order chi connectivity index (χ0) is 14.2. The second kappa shape index (κ2) is 5.08. The average Bonchev–Trinajstić information content (AvgIpc) is 2.82. The lowest BCUT2D eigenvalue weighted by Crippen LogP contribution is -1.98. The van der Waals surface area contributed by atoms with Gasteiger partial charge in [0.25, 0.3) is 0 Å². The van der Waals surface area contributed by atoms with Crippen LogP contribution in [0.25, 0.3) is 0 Å². The van der Waals surface area contributed by atoms with Crippen LogP contribution in [0.4, 0.5) is 14.7 Å². The minimum absolute atomic E-state index is 0.156. The van der Waals surface area contributed by atoms with Gasteiger partial charge in [-0.2, -0.15) is 0 Å². The summed E-state index contributed by atoms with van der Waals surface area (Å²) in [5.74, 6) is -1.65. The van der Waals surface area contributed by atoms with Crippen molar-refractivity contribution in [2.75, 3.05) is 0 Å². The molecule has 0 spiro atoms. The Morgan fingerprint density at radius 1 is 1.32 bits per heavy atom. The van der Waals surface area contributed by atoms with Crippen LogP contribution in [0.2, 0.25) is 0 Å². The molecular formula is C12H8BrF2NO3. The number of aryl methyl sites for hydroxylation is 1. The molecule has 19 heavy (non-hydrogen) atoms. The normalized spacial score (nSPS) is 12.4. The fourth-order valence-corrected chi connectivity index (χ4v) is 2.20. The molecule has 0 N–H and O–H groups in total. The van der Waals surface area contributed by atoms with Gasteiger partial charge in [0, 0.05) is 11.6 Å². The highest BCUT2D eigenvalue weighted by atomic mass is 79.9. The first kappa shape index (κ1) is 13.7. The van der Waals surface area contributed by atoms with E-state index < -0.39 is 27.3 Å². The fraction of sp³-hybridized carbons (Fsp3) is 0.167. The van der Waals surface area contributed by atoms with E-state index in [0.29, 0.717) is 0 Å². The van der Waals surface area contributed by atoms with Gasteiger partial charge in [-0.3, -0.25) is 10.1 Å². The maximum Gasteiger partial charge on any atom is 0.433 e. The first-order chi connectivity index (χ1) is 8.90. The zero-order valence-electron chi connectivity index (χ0n) is 9.69. The number of hydrogen-bond donors (Lipinski definition) is 0. The molecule has 0 fully saturated rings. The molecule has 0 aliphatic rings. The quantitative estimate of drug-likeness (QED) is 0.479. The van der Waals surface area contributed by atoms with Crippen LogP contribution in [-0.4, -0.2) is 4.92 Å². The zero-order valence-corrected chi connectivity index (χ0v) is 11.3. The summed E-state index contributed by atoms with van der Waals surface area (Å²) in [7, 11) is 0. The van der Waals surface area contributed by atoms with Gasteiger partial charge in [-0.1, -0.05) is 15.9 Å². The Morgan fingerprint density at radius 3 is 2.58 bits per heavy atom. The van der Waals surface area contributed by atoms with Crippen LogP contribution in [0, 0.1) is 28.7 Å². The molecule has 4 nitrogen and oxygen atoms in total. The van der Waals surface area contributed by atoms with Gasteiger partial charge in [0.15, 0.2) is 0 Å². The number of hydrogen-bond acceptors (Lipinski definition) is 3. The highest BCUT2D eigenvalue weighted by Crippen LogP contribution is 2.35. The molecule has 0 amide bonds. The van der Waals surface area contributed by atoms with Crippen molar-refractivity contribution < 1.29 is 18.1 Å². The van der Waals surface area contributed by atoms with Crippen LogP contribution >= 0.6 is 15.9 Å². The second-order valence-corrected chi connectivity index (χ2v) is 4.83. The average molecular weight is 332 g/mol. The summed E-state index contributed by atoms with van der Waals surface area (Å²) >= 11 is 3.19. The molecular weight excluding hydrogens is 324 g/mol. The maximum atomic E-state index is 13.7. The fourth-order valence-electron chi connectivity index (χ4n) is 1.60. The van der Waals surface area contributed by atoms with E-state index >= 15 is 0 Å². The second-order valence-electron chi connectivity index (χ2n) is 3.92. The number of nitro groups is 1. The van der Waals surface area contributed by atoms with Gasteiger partial charge in [0.1, 0.15) is 27.1 Å². The minimum atomic E-state index is -0.746. The molecule has 0 radical (unpaired) electrons. The van der Waals surface area contributed by atoms with Crippen molar-refractivity contribution in [3.05, 3.63) is 62.9 Å². The summed E-state index contributed by atoms with van der Waals surface area (Å²) in [6.07, 6.45) is 0. The lowest BCUT2D eigenvalue weighted by molar-refractivity contribution is -0.402. The monoisotopic (exact) mass is 331 g/mol. The van der Waals surface area contributed by atoms with E-state index in [1.165, 1.54) is 25.1 Å². The summed E-state index contributed by atoms with van der Waals surface area (Å²) < 4.78 is 31.8. The van der Waals surface area contributed by atoms with Gasteiger partial charge >= 0.3 is 5.88 Å². The molecule has 1 unspecified atom stereocenters. The number of nitrogens with zero attached hydrogens (tertiary/aromatic N) is 1. The molecule has 0 aliphatic carbocycles. The molecule has 0 saturated carbocycles. The highest BCUT2D eigenvalue weighted by Gasteiger charge is 2.22. The number of halogens is 3. The van der Waals surface area contributed by atoms with Crippen LogP contribution in [0.3, 0.4) is 0 Å². The summed E-state index contributed by atoms with van der Waals surface area (Å²) in [4.78, 5) is 9.11. The Kier molecular flexibility index (Phi) is 3.66. The van der Waals surface area contributed by atoms with Crippen molar-refractivity contribution >= 4 is 21.8 Å². The third-order valence-electron chi connectivity index (χ3n) is 2.59. The first-order valence-electron chi connectivity index (χ1n) is 5.24. The molecule has 1 atom stereocenters. The van der Waals surface area contributed by atoms with Crippen LogP contribution in [0.1, 0.15) is 21.7 Å². The molecule has 0 bridgehead atoms. The summed E-state index contributed by atoms with van der Waals surface area (Å²) in [5, 5.41) is 10.5. The van der Waals surface area contributed by atoms with Gasteiger partial charge in [0.2, 0.25) is 0 Å². The SMILES string of the molecule is Cc1cc(C(Br)c2ccc([N+](=O)[O-])o2)c(F)cc1F. The molecule has 0 aliphatic heterocycles.